The molecule has 0 saturated carbocycles. The molecule has 0 radical (unpaired) electrons. The van der Waals surface area contributed by atoms with Crippen molar-refractivity contribution < 1.29 is 19.8 Å². The Kier molecular flexibility index (Phi) is 6.46. The standard InChI is InChI=1S/C16H21N4O3/c1-23-20-8-2-3-15(13-20)18-17-14-4-6-16(7-5-14)19(9-11-21)10-12-22/h2-8,13,21-22H,9-12H2,1H3/q+1. The van der Waals surface area contributed by atoms with E-state index >= 15 is 0 Å². The first-order valence-corrected chi connectivity index (χ1v) is 7.31. The minimum atomic E-state index is 0.0367. The summed E-state index contributed by atoms with van der Waals surface area (Å²) in [6, 6.07) is 11.1. The van der Waals surface area contributed by atoms with Crippen molar-refractivity contribution in [1.82, 2.24) is 0 Å². The van der Waals surface area contributed by atoms with Crippen LogP contribution in [-0.4, -0.2) is 43.6 Å². The third-order valence-corrected chi connectivity index (χ3v) is 3.21. The fourth-order valence-corrected chi connectivity index (χ4v) is 2.07. The third kappa shape index (κ3) is 5.01. The van der Waals surface area contributed by atoms with Crippen molar-refractivity contribution in [2.24, 2.45) is 10.2 Å². The molecule has 0 amide bonds. The predicted molar refractivity (Wildman–Crippen MR) is 86.1 cm³/mol. The summed E-state index contributed by atoms with van der Waals surface area (Å²) in [4.78, 5) is 6.97. The van der Waals surface area contributed by atoms with Crippen LogP contribution in [-0.2, 0) is 0 Å². The SMILES string of the molecule is CO[n+]1cccc(N=Nc2ccc(N(CCO)CCO)cc2)c1. The van der Waals surface area contributed by atoms with Crippen molar-refractivity contribution in [2.45, 2.75) is 0 Å². The third-order valence-electron chi connectivity index (χ3n) is 3.21. The molecule has 2 rings (SSSR count). The maximum Gasteiger partial charge on any atom is 0.249 e. The fourth-order valence-electron chi connectivity index (χ4n) is 2.07. The molecule has 1 aromatic carbocycles. The highest BCUT2D eigenvalue weighted by Crippen LogP contribution is 2.21. The van der Waals surface area contributed by atoms with E-state index in [9.17, 15) is 0 Å². The molecule has 1 heterocycles. The highest BCUT2D eigenvalue weighted by molar-refractivity contribution is 5.52. The molecular weight excluding hydrogens is 296 g/mol. The second kappa shape index (κ2) is 8.82. The van der Waals surface area contributed by atoms with Crippen molar-refractivity contribution in [3.63, 3.8) is 0 Å². The zero-order valence-electron chi connectivity index (χ0n) is 13.0. The van der Waals surface area contributed by atoms with Gasteiger partial charge in [-0.05, 0) is 30.3 Å². The first-order chi connectivity index (χ1) is 11.3. The number of hydrogen-bond acceptors (Lipinski definition) is 6. The number of pyridine rings is 1. The lowest BCUT2D eigenvalue weighted by Crippen LogP contribution is -2.39. The summed E-state index contributed by atoms with van der Waals surface area (Å²) >= 11 is 0. The Balaban J connectivity index is 2.07. The Morgan fingerprint density at radius 2 is 1.65 bits per heavy atom. The van der Waals surface area contributed by atoms with Crippen LogP contribution >= 0.6 is 0 Å². The van der Waals surface area contributed by atoms with Crippen molar-refractivity contribution in [1.29, 1.82) is 0 Å². The minimum absolute atomic E-state index is 0.0367. The van der Waals surface area contributed by atoms with Gasteiger partial charge in [0.1, 0.15) is 7.11 Å². The molecule has 0 unspecified atom stereocenters. The van der Waals surface area contributed by atoms with E-state index in [1.807, 2.05) is 41.3 Å². The van der Waals surface area contributed by atoms with Crippen LogP contribution in [0.4, 0.5) is 17.1 Å². The Labute approximate surface area is 135 Å². The molecule has 0 saturated heterocycles. The highest BCUT2D eigenvalue weighted by Gasteiger charge is 2.05. The Hall–Kier alpha value is -2.51. The molecule has 2 aromatic rings. The van der Waals surface area contributed by atoms with Gasteiger partial charge in [0.05, 0.1) is 18.9 Å². The number of aromatic nitrogens is 1. The monoisotopic (exact) mass is 317 g/mol. The van der Waals surface area contributed by atoms with Crippen LogP contribution in [0.5, 0.6) is 0 Å². The summed E-state index contributed by atoms with van der Waals surface area (Å²) in [7, 11) is 1.57. The van der Waals surface area contributed by atoms with E-state index in [0.717, 1.165) is 11.4 Å². The molecule has 1 aromatic heterocycles. The topological polar surface area (TPSA) is 81.5 Å². The van der Waals surface area contributed by atoms with Crippen LogP contribution in [0.25, 0.3) is 0 Å². The van der Waals surface area contributed by atoms with Gasteiger partial charge >= 0.3 is 0 Å². The van der Waals surface area contributed by atoms with Crippen LogP contribution in [0.1, 0.15) is 0 Å². The summed E-state index contributed by atoms with van der Waals surface area (Å²) in [5, 5.41) is 26.5. The van der Waals surface area contributed by atoms with Gasteiger partial charge in [-0.15, -0.1) is 5.11 Å². The zero-order valence-corrected chi connectivity index (χ0v) is 13.0. The fraction of sp³-hybridized carbons (Fsp3) is 0.312. The average molecular weight is 317 g/mol. The molecule has 0 bridgehead atoms. The van der Waals surface area contributed by atoms with Gasteiger partial charge in [-0.1, -0.05) is 0 Å². The normalized spacial score (nSPS) is 10.9. The van der Waals surface area contributed by atoms with E-state index in [2.05, 4.69) is 10.2 Å². The lowest BCUT2D eigenvalue weighted by molar-refractivity contribution is -0.885. The summed E-state index contributed by atoms with van der Waals surface area (Å²) in [6.07, 6.45) is 3.49. The van der Waals surface area contributed by atoms with Crippen molar-refractivity contribution in [3.05, 3.63) is 48.8 Å². The average Bonchev–Trinajstić information content (AvgIpc) is 2.60. The molecule has 0 atom stereocenters. The Morgan fingerprint density at radius 1 is 1.00 bits per heavy atom. The number of nitrogens with zero attached hydrogens (tertiary/aromatic N) is 4. The van der Waals surface area contributed by atoms with E-state index < -0.39 is 0 Å². The number of aliphatic hydroxyl groups is 2. The number of hydrogen-bond donors (Lipinski definition) is 2. The van der Waals surface area contributed by atoms with Gasteiger partial charge < -0.3 is 15.1 Å². The van der Waals surface area contributed by atoms with Gasteiger partial charge in [-0.3, -0.25) is 4.84 Å². The molecule has 2 N–H and O–H groups in total. The van der Waals surface area contributed by atoms with Crippen molar-refractivity contribution in [3.8, 4) is 0 Å². The van der Waals surface area contributed by atoms with Crippen molar-refractivity contribution >= 4 is 17.1 Å². The zero-order chi connectivity index (χ0) is 16.5. The van der Waals surface area contributed by atoms with E-state index in [-0.39, 0.29) is 13.2 Å². The van der Waals surface area contributed by atoms with Gasteiger partial charge in [0.25, 0.3) is 0 Å². The maximum absolute atomic E-state index is 9.06. The van der Waals surface area contributed by atoms with E-state index in [4.69, 9.17) is 15.1 Å². The first-order valence-electron chi connectivity index (χ1n) is 7.31. The van der Waals surface area contributed by atoms with E-state index in [1.54, 1.807) is 24.2 Å². The molecule has 7 heteroatoms. The summed E-state index contributed by atoms with van der Waals surface area (Å²) < 4.78 is 1.54. The van der Waals surface area contributed by atoms with Crippen molar-refractivity contribution in [2.75, 3.05) is 38.3 Å². The molecule has 0 aliphatic heterocycles. The van der Waals surface area contributed by atoms with Crippen LogP contribution in [0.3, 0.4) is 0 Å². The van der Waals surface area contributed by atoms with Gasteiger partial charge in [-0.2, -0.15) is 5.11 Å². The Bertz CT molecular complexity index is 625. The van der Waals surface area contributed by atoms with Gasteiger partial charge in [-0.25, -0.2) is 0 Å². The number of aliphatic hydroxyl groups excluding tert-OH is 2. The molecule has 0 spiro atoms. The molecule has 0 aliphatic rings. The smallest absolute Gasteiger partial charge is 0.249 e. The van der Waals surface area contributed by atoms with Gasteiger partial charge in [0.2, 0.25) is 12.4 Å². The molecule has 7 nitrogen and oxygen atoms in total. The molecule has 122 valence electrons. The number of benzene rings is 1. The number of azo groups is 1. The Morgan fingerprint density at radius 3 is 2.26 bits per heavy atom. The lowest BCUT2D eigenvalue weighted by Gasteiger charge is -2.22. The minimum Gasteiger partial charge on any atom is -0.395 e. The van der Waals surface area contributed by atoms with Crippen LogP contribution in [0.2, 0.25) is 0 Å². The second-order valence-corrected chi connectivity index (χ2v) is 4.76. The van der Waals surface area contributed by atoms with Gasteiger partial charge in [0.15, 0.2) is 5.69 Å². The molecule has 23 heavy (non-hydrogen) atoms. The maximum atomic E-state index is 9.06. The summed E-state index contributed by atoms with van der Waals surface area (Å²) in [5.74, 6) is 0. The van der Waals surface area contributed by atoms with Crippen LogP contribution < -0.4 is 14.5 Å². The first kappa shape index (κ1) is 16.9. The van der Waals surface area contributed by atoms with Crippen LogP contribution in [0, 0.1) is 0 Å². The molecular formula is C16H21N4O3+. The largest absolute Gasteiger partial charge is 0.395 e. The number of anilines is 1. The quantitative estimate of drug-likeness (QED) is 0.567. The second-order valence-electron chi connectivity index (χ2n) is 4.76. The highest BCUT2D eigenvalue weighted by atomic mass is 16.6. The summed E-state index contributed by atoms with van der Waals surface area (Å²) in [5.41, 5.74) is 2.32. The van der Waals surface area contributed by atoms with E-state index in [0.29, 0.717) is 18.8 Å². The van der Waals surface area contributed by atoms with E-state index in [1.165, 1.54) is 0 Å². The molecule has 0 aliphatic carbocycles. The number of rotatable bonds is 8. The lowest BCUT2D eigenvalue weighted by atomic mass is 10.2. The summed E-state index contributed by atoms with van der Waals surface area (Å²) in [6.45, 7) is 1.02. The predicted octanol–water partition coefficient (Wildman–Crippen LogP) is 1.24. The van der Waals surface area contributed by atoms with Gasteiger partial charge in [0, 0.05) is 29.6 Å². The molecule has 0 fully saturated rings. The van der Waals surface area contributed by atoms with Crippen LogP contribution in [0.15, 0.2) is 59.0 Å².